The number of halogens is 2. The normalized spacial score (nSPS) is 11.1. The van der Waals surface area contributed by atoms with E-state index in [1.165, 1.54) is 12.1 Å². The van der Waals surface area contributed by atoms with Crippen LogP contribution in [0.15, 0.2) is 66.7 Å². The largest absolute Gasteiger partial charge is 0.497 e. The van der Waals surface area contributed by atoms with Gasteiger partial charge in [-0.2, -0.15) is 0 Å². The first kappa shape index (κ1) is 21.9. The molecule has 0 atom stereocenters. The third kappa shape index (κ3) is 4.61. The monoisotopic (exact) mass is 452 g/mol. The molecule has 3 aromatic carbocycles. The average molecular weight is 453 g/mol. The molecule has 0 saturated heterocycles. The lowest BCUT2D eigenvalue weighted by atomic mass is 10.1. The summed E-state index contributed by atoms with van der Waals surface area (Å²) >= 11 is 6.06. The molecule has 0 fully saturated rings. The Labute approximate surface area is 190 Å². The van der Waals surface area contributed by atoms with E-state index in [4.69, 9.17) is 16.3 Å². The summed E-state index contributed by atoms with van der Waals surface area (Å²) < 4.78 is 20.5. The van der Waals surface area contributed by atoms with Gasteiger partial charge in [0.2, 0.25) is 0 Å². The second-order valence-corrected chi connectivity index (χ2v) is 7.90. The van der Waals surface area contributed by atoms with Crippen LogP contribution in [0.25, 0.3) is 10.9 Å². The molecule has 0 saturated carbocycles. The number of ether oxygens (including phenoxy) is 1. The molecule has 4 aromatic rings. The Bertz CT molecular complexity index is 1270. The van der Waals surface area contributed by atoms with Crippen molar-refractivity contribution < 1.29 is 19.0 Å². The molecular formula is C25H22ClFN2O3. The predicted octanol–water partition coefficient (Wildman–Crippen LogP) is 5.48. The van der Waals surface area contributed by atoms with Crippen LogP contribution < -0.4 is 10.1 Å². The van der Waals surface area contributed by atoms with Gasteiger partial charge >= 0.3 is 5.97 Å². The molecule has 164 valence electrons. The van der Waals surface area contributed by atoms with Gasteiger partial charge in [0.05, 0.1) is 12.6 Å². The highest BCUT2D eigenvalue weighted by molar-refractivity contribution is 6.30. The topological polar surface area (TPSA) is 63.5 Å². The minimum Gasteiger partial charge on any atom is -0.497 e. The van der Waals surface area contributed by atoms with Crippen LogP contribution in [0.4, 0.5) is 4.39 Å². The van der Waals surface area contributed by atoms with Crippen molar-refractivity contribution in [3.05, 3.63) is 100.0 Å². The van der Waals surface area contributed by atoms with Crippen LogP contribution in [0.1, 0.15) is 27.2 Å². The zero-order valence-electron chi connectivity index (χ0n) is 17.4. The van der Waals surface area contributed by atoms with Gasteiger partial charge in [0.15, 0.2) is 0 Å². The van der Waals surface area contributed by atoms with Crippen LogP contribution in [0.5, 0.6) is 5.75 Å². The fourth-order valence-corrected chi connectivity index (χ4v) is 4.08. The number of carboxylic acid groups (broad SMARTS) is 1. The molecule has 0 unspecified atom stereocenters. The molecule has 0 aliphatic heterocycles. The number of benzene rings is 3. The Kier molecular flexibility index (Phi) is 6.44. The second kappa shape index (κ2) is 9.42. The predicted molar refractivity (Wildman–Crippen MR) is 123 cm³/mol. The Morgan fingerprint density at radius 2 is 1.84 bits per heavy atom. The van der Waals surface area contributed by atoms with Crippen LogP contribution in [0.2, 0.25) is 5.02 Å². The van der Waals surface area contributed by atoms with E-state index >= 15 is 0 Å². The van der Waals surface area contributed by atoms with Gasteiger partial charge in [-0.05, 0) is 47.5 Å². The van der Waals surface area contributed by atoms with Gasteiger partial charge in [-0.1, -0.05) is 35.9 Å². The number of hydrogen-bond donors (Lipinski definition) is 2. The number of aromatic carboxylic acids is 1. The molecular weight excluding hydrogens is 431 g/mol. The molecule has 0 radical (unpaired) electrons. The lowest BCUT2D eigenvalue weighted by Gasteiger charge is -2.10. The molecule has 0 amide bonds. The van der Waals surface area contributed by atoms with Gasteiger partial charge in [-0.25, -0.2) is 9.18 Å². The molecule has 32 heavy (non-hydrogen) atoms. The number of aromatic nitrogens is 1. The van der Waals surface area contributed by atoms with Crippen molar-refractivity contribution in [2.45, 2.75) is 19.6 Å². The number of carbonyl (C=O) groups is 1. The van der Waals surface area contributed by atoms with Crippen LogP contribution in [0.3, 0.4) is 0 Å². The maximum Gasteiger partial charge on any atom is 0.352 e. The van der Waals surface area contributed by atoms with Crippen LogP contribution in [-0.4, -0.2) is 22.8 Å². The number of rotatable bonds is 8. The summed E-state index contributed by atoms with van der Waals surface area (Å²) in [5.74, 6) is -0.732. The Morgan fingerprint density at radius 1 is 1.06 bits per heavy atom. The number of nitrogens with one attached hydrogen (secondary N) is 1. The number of methoxy groups -OCH3 is 1. The Balaban J connectivity index is 1.74. The third-order valence-electron chi connectivity index (χ3n) is 5.35. The highest BCUT2D eigenvalue weighted by atomic mass is 35.5. The lowest BCUT2D eigenvalue weighted by molar-refractivity contribution is 0.0684. The summed E-state index contributed by atoms with van der Waals surface area (Å²) in [4.78, 5) is 12.3. The van der Waals surface area contributed by atoms with E-state index in [9.17, 15) is 14.3 Å². The van der Waals surface area contributed by atoms with Crippen molar-refractivity contribution in [2.75, 3.05) is 7.11 Å². The fourth-order valence-electron chi connectivity index (χ4n) is 3.87. The summed E-state index contributed by atoms with van der Waals surface area (Å²) in [6.45, 7) is 1.19. The molecule has 2 N–H and O–H groups in total. The van der Waals surface area contributed by atoms with E-state index in [0.29, 0.717) is 36.0 Å². The quantitative estimate of drug-likeness (QED) is 0.371. The zero-order chi connectivity index (χ0) is 22.7. The van der Waals surface area contributed by atoms with Crippen molar-refractivity contribution in [3.63, 3.8) is 0 Å². The summed E-state index contributed by atoms with van der Waals surface area (Å²) in [5, 5.41) is 14.9. The zero-order valence-corrected chi connectivity index (χ0v) is 18.2. The van der Waals surface area contributed by atoms with Crippen molar-refractivity contribution >= 4 is 28.5 Å². The molecule has 5 nitrogen and oxygen atoms in total. The van der Waals surface area contributed by atoms with E-state index in [2.05, 4.69) is 5.32 Å². The summed E-state index contributed by atoms with van der Waals surface area (Å²) in [5.41, 5.74) is 3.42. The van der Waals surface area contributed by atoms with E-state index in [-0.39, 0.29) is 11.5 Å². The van der Waals surface area contributed by atoms with Gasteiger partial charge in [0.25, 0.3) is 0 Å². The first-order valence-electron chi connectivity index (χ1n) is 10.1. The smallest absolute Gasteiger partial charge is 0.352 e. The highest BCUT2D eigenvalue weighted by Gasteiger charge is 2.23. The number of fused-ring (bicyclic) bond motifs is 1. The van der Waals surface area contributed by atoms with Gasteiger partial charge in [-0.15, -0.1) is 0 Å². The summed E-state index contributed by atoms with van der Waals surface area (Å²) in [7, 11) is 1.57. The number of carboxylic acids is 1. The van der Waals surface area contributed by atoms with Gasteiger partial charge < -0.3 is 19.7 Å². The van der Waals surface area contributed by atoms with Crippen molar-refractivity contribution in [2.24, 2.45) is 0 Å². The fraction of sp³-hybridized carbons (Fsp3) is 0.160. The molecule has 0 aliphatic rings. The summed E-state index contributed by atoms with van der Waals surface area (Å²) in [6, 6.07) is 19.1. The molecule has 0 aliphatic carbocycles. The van der Waals surface area contributed by atoms with E-state index in [0.717, 1.165) is 22.0 Å². The molecule has 1 heterocycles. The van der Waals surface area contributed by atoms with Crippen LogP contribution in [0, 0.1) is 5.82 Å². The van der Waals surface area contributed by atoms with E-state index in [1.807, 2.05) is 42.5 Å². The van der Waals surface area contributed by atoms with Crippen LogP contribution >= 0.6 is 11.6 Å². The highest BCUT2D eigenvalue weighted by Crippen LogP contribution is 2.31. The molecule has 0 spiro atoms. The van der Waals surface area contributed by atoms with Crippen molar-refractivity contribution in [1.29, 1.82) is 0 Å². The molecule has 0 bridgehead atoms. The maximum absolute atomic E-state index is 13.4. The molecule has 4 rings (SSSR count). The lowest BCUT2D eigenvalue weighted by Crippen LogP contribution is -2.17. The standard InChI is InChI=1S/C25H22ClFN2O3/c1-32-20-9-10-21-22(14-28-13-17-3-2-4-18(26)11-17)24(25(30)31)29(23(21)12-20)15-16-5-7-19(27)8-6-16/h2-12,28H,13-15H2,1H3,(H,30,31). The van der Waals surface area contributed by atoms with Crippen LogP contribution in [-0.2, 0) is 19.6 Å². The minimum absolute atomic E-state index is 0.191. The first-order chi connectivity index (χ1) is 15.5. The number of nitrogens with zero attached hydrogens (tertiary/aromatic N) is 1. The summed E-state index contributed by atoms with van der Waals surface area (Å²) in [6.07, 6.45) is 0. The van der Waals surface area contributed by atoms with Gasteiger partial charge in [-0.3, -0.25) is 0 Å². The van der Waals surface area contributed by atoms with Gasteiger partial charge in [0.1, 0.15) is 17.3 Å². The molecule has 1 aromatic heterocycles. The number of hydrogen-bond acceptors (Lipinski definition) is 3. The Hall–Kier alpha value is -3.35. The first-order valence-corrected chi connectivity index (χ1v) is 10.5. The van der Waals surface area contributed by atoms with Crippen molar-refractivity contribution in [3.8, 4) is 5.75 Å². The Morgan fingerprint density at radius 3 is 2.53 bits per heavy atom. The van der Waals surface area contributed by atoms with Gasteiger partial charge in [0, 0.05) is 41.7 Å². The minimum atomic E-state index is -1.03. The SMILES string of the molecule is COc1ccc2c(CNCc3cccc(Cl)c3)c(C(=O)O)n(Cc3ccc(F)cc3)c2c1. The molecule has 7 heteroatoms. The van der Waals surface area contributed by atoms with E-state index in [1.54, 1.807) is 23.8 Å². The van der Waals surface area contributed by atoms with Crippen molar-refractivity contribution in [1.82, 2.24) is 9.88 Å². The maximum atomic E-state index is 13.4. The third-order valence-corrected chi connectivity index (χ3v) is 5.59. The average Bonchev–Trinajstić information content (AvgIpc) is 3.08. The second-order valence-electron chi connectivity index (χ2n) is 7.46. The van der Waals surface area contributed by atoms with E-state index < -0.39 is 5.97 Å².